The highest BCUT2D eigenvalue weighted by Crippen LogP contribution is 2.41. The molecule has 0 aliphatic carbocycles. The van der Waals surface area contributed by atoms with Crippen molar-refractivity contribution in [3.8, 4) is 11.5 Å². The Morgan fingerprint density at radius 1 is 1.03 bits per heavy atom. The zero-order valence-corrected chi connectivity index (χ0v) is 20.7. The lowest BCUT2D eigenvalue weighted by molar-refractivity contribution is 0.0600. The second-order valence-electron chi connectivity index (χ2n) is 8.89. The number of rotatable bonds is 7. The van der Waals surface area contributed by atoms with Crippen molar-refractivity contribution in [3.05, 3.63) is 100.0 Å². The van der Waals surface area contributed by atoms with Crippen LogP contribution in [0.3, 0.4) is 0 Å². The highest BCUT2D eigenvalue weighted by Gasteiger charge is 2.36. The lowest BCUT2D eigenvalue weighted by Crippen LogP contribution is -2.18. The number of esters is 1. The first-order chi connectivity index (χ1) is 17.9. The van der Waals surface area contributed by atoms with Crippen LogP contribution in [-0.2, 0) is 24.3 Å². The average molecular weight is 501 g/mol. The van der Waals surface area contributed by atoms with E-state index in [9.17, 15) is 14.0 Å². The summed E-state index contributed by atoms with van der Waals surface area (Å²) in [5, 5.41) is 0.540. The molecule has 37 heavy (non-hydrogen) atoms. The molecule has 8 heteroatoms. The monoisotopic (exact) mass is 500 g/mol. The van der Waals surface area contributed by atoms with Crippen LogP contribution < -0.4 is 9.47 Å². The maximum atomic E-state index is 13.4. The number of nitrogens with zero attached hydrogens (tertiary/aromatic N) is 2. The standard InChI is InChI=1S/C29H25FN2O5/c1-32-15-23-24(29(34)36-3)22-13-19(12-17-4-8-20(30)9-5-17)14-31-26(22)27(25(23)28(32)33)37-16-18-6-10-21(35-2)11-7-18/h4-11,13-14H,12,15-16H2,1-3H3. The zero-order valence-electron chi connectivity index (χ0n) is 20.7. The van der Waals surface area contributed by atoms with Crippen LogP contribution in [0.1, 0.15) is 43.0 Å². The minimum atomic E-state index is -0.549. The predicted molar refractivity (Wildman–Crippen MR) is 135 cm³/mol. The topological polar surface area (TPSA) is 78.0 Å². The first kappa shape index (κ1) is 24.2. The molecule has 0 spiro atoms. The number of aromatic nitrogens is 1. The van der Waals surface area contributed by atoms with Crippen molar-refractivity contribution in [2.24, 2.45) is 0 Å². The summed E-state index contributed by atoms with van der Waals surface area (Å²) in [5.74, 6) is -0.0482. The third-order valence-electron chi connectivity index (χ3n) is 6.47. The summed E-state index contributed by atoms with van der Waals surface area (Å²) in [4.78, 5) is 32.3. The van der Waals surface area contributed by atoms with Crippen LogP contribution in [0.25, 0.3) is 10.9 Å². The molecule has 7 nitrogen and oxygen atoms in total. The number of benzene rings is 3. The van der Waals surface area contributed by atoms with E-state index in [0.717, 1.165) is 22.4 Å². The summed E-state index contributed by atoms with van der Waals surface area (Å²) in [6.45, 7) is 0.439. The third-order valence-corrected chi connectivity index (χ3v) is 6.47. The van der Waals surface area contributed by atoms with Crippen molar-refractivity contribution in [2.75, 3.05) is 21.3 Å². The molecule has 0 atom stereocenters. The van der Waals surface area contributed by atoms with Crippen molar-refractivity contribution in [1.82, 2.24) is 9.88 Å². The van der Waals surface area contributed by atoms with Gasteiger partial charge >= 0.3 is 5.97 Å². The highest BCUT2D eigenvalue weighted by molar-refractivity contribution is 6.14. The van der Waals surface area contributed by atoms with Crippen LogP contribution in [0.2, 0.25) is 0 Å². The number of carbonyl (C=O) groups is 2. The van der Waals surface area contributed by atoms with Gasteiger partial charge in [-0.05, 0) is 53.4 Å². The number of hydrogen-bond donors (Lipinski definition) is 0. The zero-order chi connectivity index (χ0) is 26.1. The van der Waals surface area contributed by atoms with Crippen LogP contribution in [0.5, 0.6) is 11.5 Å². The number of ether oxygens (including phenoxy) is 3. The molecule has 0 radical (unpaired) electrons. The Kier molecular flexibility index (Phi) is 6.48. The molecule has 1 aliphatic heterocycles. The van der Waals surface area contributed by atoms with Gasteiger partial charge in [0, 0.05) is 30.7 Å². The molecule has 1 aliphatic rings. The summed E-state index contributed by atoms with van der Waals surface area (Å²) in [6.07, 6.45) is 2.17. The fraction of sp³-hybridized carbons (Fsp3) is 0.207. The molecule has 2 heterocycles. The van der Waals surface area contributed by atoms with Gasteiger partial charge < -0.3 is 19.1 Å². The molecule has 0 N–H and O–H groups in total. The average Bonchev–Trinajstić information content (AvgIpc) is 3.21. The van der Waals surface area contributed by atoms with Gasteiger partial charge in [-0.1, -0.05) is 24.3 Å². The van der Waals surface area contributed by atoms with E-state index < -0.39 is 5.97 Å². The second-order valence-corrected chi connectivity index (χ2v) is 8.89. The molecule has 1 aromatic heterocycles. The summed E-state index contributed by atoms with van der Waals surface area (Å²) in [7, 11) is 4.58. The van der Waals surface area contributed by atoms with E-state index in [1.807, 2.05) is 30.3 Å². The molecule has 1 amide bonds. The number of fused-ring (bicyclic) bond motifs is 2. The predicted octanol–water partition coefficient (Wildman–Crippen LogP) is 4.92. The van der Waals surface area contributed by atoms with Crippen molar-refractivity contribution >= 4 is 22.8 Å². The Balaban J connectivity index is 1.64. The largest absolute Gasteiger partial charge is 0.497 e. The minimum absolute atomic E-state index is 0.194. The quantitative estimate of drug-likeness (QED) is 0.335. The Bertz CT molecular complexity index is 1500. The maximum Gasteiger partial charge on any atom is 0.338 e. The van der Waals surface area contributed by atoms with Crippen LogP contribution in [0.15, 0.2) is 60.8 Å². The Morgan fingerprint density at radius 2 is 1.73 bits per heavy atom. The smallest absolute Gasteiger partial charge is 0.338 e. The fourth-order valence-electron chi connectivity index (χ4n) is 4.59. The number of methoxy groups -OCH3 is 2. The summed E-state index contributed by atoms with van der Waals surface area (Å²) >= 11 is 0. The molecule has 0 saturated carbocycles. The first-order valence-electron chi connectivity index (χ1n) is 11.7. The van der Waals surface area contributed by atoms with E-state index in [1.165, 1.54) is 24.1 Å². The maximum absolute atomic E-state index is 13.4. The van der Waals surface area contributed by atoms with E-state index in [0.29, 0.717) is 39.8 Å². The summed E-state index contributed by atoms with van der Waals surface area (Å²) in [6, 6.07) is 15.5. The van der Waals surface area contributed by atoms with Gasteiger partial charge in [-0.15, -0.1) is 0 Å². The van der Waals surface area contributed by atoms with Crippen molar-refractivity contribution in [1.29, 1.82) is 0 Å². The molecule has 5 rings (SSSR count). The number of pyridine rings is 1. The first-order valence-corrected chi connectivity index (χ1v) is 11.7. The number of carbonyl (C=O) groups excluding carboxylic acids is 2. The minimum Gasteiger partial charge on any atom is -0.497 e. The highest BCUT2D eigenvalue weighted by atomic mass is 19.1. The Hall–Kier alpha value is -4.46. The molecule has 4 aromatic rings. The van der Waals surface area contributed by atoms with Crippen LogP contribution in [-0.4, -0.2) is 43.0 Å². The second kappa shape index (κ2) is 9.89. The SMILES string of the molecule is COC(=O)c1c2c(c(OCc3ccc(OC)cc3)c3ncc(Cc4ccc(F)cc4)cc13)C(=O)N(C)C2. The molecule has 188 valence electrons. The van der Waals surface area contributed by atoms with E-state index in [-0.39, 0.29) is 24.9 Å². The normalized spacial score (nSPS) is 12.5. The van der Waals surface area contributed by atoms with E-state index >= 15 is 0 Å². The summed E-state index contributed by atoms with van der Waals surface area (Å²) in [5.41, 5.74) is 4.18. The van der Waals surface area contributed by atoms with Crippen molar-refractivity contribution < 1.29 is 28.2 Å². The molecule has 0 fully saturated rings. The Morgan fingerprint density at radius 3 is 2.41 bits per heavy atom. The Labute approximate surface area is 213 Å². The van der Waals surface area contributed by atoms with Gasteiger partial charge in [0.2, 0.25) is 0 Å². The number of hydrogen-bond acceptors (Lipinski definition) is 6. The molecule has 0 saturated heterocycles. The van der Waals surface area contributed by atoms with E-state index in [4.69, 9.17) is 14.2 Å². The van der Waals surface area contributed by atoms with Crippen LogP contribution >= 0.6 is 0 Å². The van der Waals surface area contributed by atoms with E-state index in [2.05, 4.69) is 4.98 Å². The number of amides is 1. The van der Waals surface area contributed by atoms with Gasteiger partial charge in [-0.25, -0.2) is 9.18 Å². The van der Waals surface area contributed by atoms with E-state index in [1.54, 1.807) is 32.5 Å². The molecular formula is C29H25FN2O5. The van der Waals surface area contributed by atoms with Gasteiger partial charge in [-0.3, -0.25) is 9.78 Å². The molecular weight excluding hydrogens is 475 g/mol. The van der Waals surface area contributed by atoms with Crippen molar-refractivity contribution in [3.63, 3.8) is 0 Å². The molecule has 3 aromatic carbocycles. The van der Waals surface area contributed by atoms with Gasteiger partial charge in [-0.2, -0.15) is 0 Å². The lowest BCUT2D eigenvalue weighted by atomic mass is 9.94. The number of halogens is 1. The van der Waals surface area contributed by atoms with Gasteiger partial charge in [0.1, 0.15) is 23.7 Å². The van der Waals surface area contributed by atoms with Crippen molar-refractivity contribution in [2.45, 2.75) is 19.6 Å². The lowest BCUT2D eigenvalue weighted by Gasteiger charge is -2.17. The molecule has 0 bridgehead atoms. The summed E-state index contributed by atoms with van der Waals surface area (Å²) < 4.78 is 29.9. The van der Waals surface area contributed by atoms with Gasteiger partial charge in [0.05, 0.1) is 25.3 Å². The fourth-order valence-corrected chi connectivity index (χ4v) is 4.59. The van der Waals surface area contributed by atoms with Crippen LogP contribution in [0, 0.1) is 5.82 Å². The van der Waals surface area contributed by atoms with Gasteiger partial charge in [0.15, 0.2) is 5.75 Å². The van der Waals surface area contributed by atoms with Gasteiger partial charge in [0.25, 0.3) is 5.91 Å². The molecule has 0 unspecified atom stereocenters. The van der Waals surface area contributed by atoms with Crippen LogP contribution in [0.4, 0.5) is 4.39 Å². The third kappa shape index (κ3) is 4.58.